The number of benzene rings is 2. The zero-order chi connectivity index (χ0) is 17.4. The van der Waals surface area contributed by atoms with Crippen LogP contribution in [-0.2, 0) is 11.3 Å². The van der Waals surface area contributed by atoms with Gasteiger partial charge in [-0.3, -0.25) is 14.4 Å². The highest BCUT2D eigenvalue weighted by Gasteiger charge is 2.07. The minimum atomic E-state index is -0.226. The molecule has 0 heterocycles. The SMILES string of the molecule is CCNC(=O)c1cccc(CNC(=O)c2ccc(NC=O)cc2)c1. The monoisotopic (exact) mass is 325 g/mol. The zero-order valence-corrected chi connectivity index (χ0v) is 13.3. The van der Waals surface area contributed by atoms with Gasteiger partial charge < -0.3 is 16.0 Å². The van der Waals surface area contributed by atoms with Gasteiger partial charge in [-0.15, -0.1) is 0 Å². The second kappa shape index (κ2) is 8.47. The number of anilines is 1. The van der Waals surface area contributed by atoms with Crippen LogP contribution >= 0.6 is 0 Å². The molecule has 0 unspecified atom stereocenters. The molecule has 0 radical (unpaired) electrons. The lowest BCUT2D eigenvalue weighted by Gasteiger charge is -2.08. The van der Waals surface area contributed by atoms with Gasteiger partial charge in [0.1, 0.15) is 0 Å². The van der Waals surface area contributed by atoms with E-state index in [1.54, 1.807) is 42.5 Å². The van der Waals surface area contributed by atoms with E-state index in [0.717, 1.165) is 5.56 Å². The fraction of sp³-hybridized carbons (Fsp3) is 0.167. The molecule has 0 atom stereocenters. The molecule has 0 aliphatic heterocycles. The average Bonchev–Trinajstić information content (AvgIpc) is 2.61. The molecule has 6 nitrogen and oxygen atoms in total. The highest BCUT2D eigenvalue weighted by molar-refractivity contribution is 5.95. The third-order valence-electron chi connectivity index (χ3n) is 3.35. The van der Waals surface area contributed by atoms with E-state index in [1.165, 1.54) is 0 Å². The molecular weight excluding hydrogens is 306 g/mol. The van der Waals surface area contributed by atoms with Crippen LogP contribution in [0.5, 0.6) is 0 Å². The maximum atomic E-state index is 12.1. The smallest absolute Gasteiger partial charge is 0.251 e. The standard InChI is InChI=1S/C18H19N3O3/c1-2-19-18(24)15-5-3-4-13(10-15)11-20-17(23)14-6-8-16(9-7-14)21-12-22/h3-10,12H,2,11H2,1H3,(H,19,24)(H,20,23)(H,21,22). The van der Waals surface area contributed by atoms with E-state index in [0.29, 0.717) is 36.3 Å². The van der Waals surface area contributed by atoms with E-state index in [-0.39, 0.29) is 11.8 Å². The molecule has 0 saturated carbocycles. The van der Waals surface area contributed by atoms with Gasteiger partial charge in [0.15, 0.2) is 0 Å². The summed E-state index contributed by atoms with van der Waals surface area (Å²) in [5.74, 6) is -0.361. The van der Waals surface area contributed by atoms with Crippen LogP contribution in [0.1, 0.15) is 33.2 Å². The Kier molecular flexibility index (Phi) is 6.08. The van der Waals surface area contributed by atoms with Gasteiger partial charge in [-0.25, -0.2) is 0 Å². The van der Waals surface area contributed by atoms with E-state index in [2.05, 4.69) is 16.0 Å². The summed E-state index contributed by atoms with van der Waals surface area (Å²) in [5, 5.41) is 8.05. The molecule has 0 fully saturated rings. The highest BCUT2D eigenvalue weighted by atomic mass is 16.2. The zero-order valence-electron chi connectivity index (χ0n) is 13.3. The van der Waals surface area contributed by atoms with Crippen LogP contribution in [-0.4, -0.2) is 24.8 Å². The van der Waals surface area contributed by atoms with E-state index in [9.17, 15) is 14.4 Å². The molecule has 0 saturated heterocycles. The molecule has 2 aromatic carbocycles. The lowest BCUT2D eigenvalue weighted by Crippen LogP contribution is -2.24. The Morgan fingerprint density at radius 2 is 1.67 bits per heavy atom. The number of rotatable bonds is 7. The van der Waals surface area contributed by atoms with Crippen molar-refractivity contribution in [3.8, 4) is 0 Å². The molecule has 0 spiro atoms. The van der Waals surface area contributed by atoms with Crippen molar-refractivity contribution in [2.45, 2.75) is 13.5 Å². The predicted molar refractivity (Wildman–Crippen MR) is 91.7 cm³/mol. The Bertz CT molecular complexity index is 727. The van der Waals surface area contributed by atoms with Gasteiger partial charge in [-0.1, -0.05) is 12.1 Å². The highest BCUT2D eigenvalue weighted by Crippen LogP contribution is 2.09. The van der Waals surface area contributed by atoms with Crippen molar-refractivity contribution in [1.29, 1.82) is 0 Å². The van der Waals surface area contributed by atoms with Gasteiger partial charge in [0.25, 0.3) is 11.8 Å². The Balaban J connectivity index is 1.97. The van der Waals surface area contributed by atoms with Crippen LogP contribution in [0, 0.1) is 0 Å². The largest absolute Gasteiger partial charge is 0.352 e. The molecule has 0 bridgehead atoms. The van der Waals surface area contributed by atoms with E-state index < -0.39 is 0 Å². The van der Waals surface area contributed by atoms with Gasteiger partial charge in [0.2, 0.25) is 6.41 Å². The van der Waals surface area contributed by atoms with Crippen molar-refractivity contribution >= 4 is 23.9 Å². The summed E-state index contributed by atoms with van der Waals surface area (Å²) in [6, 6.07) is 13.7. The molecule has 124 valence electrons. The van der Waals surface area contributed by atoms with Crippen molar-refractivity contribution in [2.24, 2.45) is 0 Å². The van der Waals surface area contributed by atoms with Crippen molar-refractivity contribution in [2.75, 3.05) is 11.9 Å². The van der Waals surface area contributed by atoms with Crippen LogP contribution in [0.25, 0.3) is 0 Å². The summed E-state index contributed by atoms with van der Waals surface area (Å²) < 4.78 is 0. The van der Waals surface area contributed by atoms with E-state index in [1.807, 2.05) is 13.0 Å². The Hall–Kier alpha value is -3.15. The first-order chi connectivity index (χ1) is 11.6. The normalized spacial score (nSPS) is 9.88. The third-order valence-corrected chi connectivity index (χ3v) is 3.35. The maximum absolute atomic E-state index is 12.1. The van der Waals surface area contributed by atoms with Gasteiger partial charge in [-0.05, 0) is 48.9 Å². The first-order valence-electron chi connectivity index (χ1n) is 7.59. The molecule has 2 aromatic rings. The molecule has 0 aliphatic rings. The van der Waals surface area contributed by atoms with Gasteiger partial charge >= 0.3 is 0 Å². The van der Waals surface area contributed by atoms with Crippen molar-refractivity contribution in [1.82, 2.24) is 10.6 Å². The van der Waals surface area contributed by atoms with Gasteiger partial charge in [0, 0.05) is 29.9 Å². The second-order valence-electron chi connectivity index (χ2n) is 5.08. The molecule has 2 rings (SSSR count). The third kappa shape index (κ3) is 4.67. The summed E-state index contributed by atoms with van der Waals surface area (Å²) in [6.45, 7) is 2.74. The van der Waals surface area contributed by atoms with Crippen LogP contribution in [0.4, 0.5) is 5.69 Å². The van der Waals surface area contributed by atoms with Crippen LogP contribution in [0.2, 0.25) is 0 Å². The molecule has 6 heteroatoms. The minimum Gasteiger partial charge on any atom is -0.352 e. The second-order valence-corrected chi connectivity index (χ2v) is 5.08. The lowest BCUT2D eigenvalue weighted by molar-refractivity contribution is -0.105. The lowest BCUT2D eigenvalue weighted by atomic mass is 10.1. The molecule has 0 aromatic heterocycles. The minimum absolute atomic E-state index is 0.135. The van der Waals surface area contributed by atoms with Crippen molar-refractivity contribution < 1.29 is 14.4 Å². The van der Waals surface area contributed by atoms with Crippen LogP contribution in [0.15, 0.2) is 48.5 Å². The number of hydrogen-bond donors (Lipinski definition) is 3. The van der Waals surface area contributed by atoms with Crippen molar-refractivity contribution in [3.05, 3.63) is 65.2 Å². The topological polar surface area (TPSA) is 87.3 Å². The van der Waals surface area contributed by atoms with Gasteiger partial charge in [-0.2, -0.15) is 0 Å². The number of hydrogen-bond acceptors (Lipinski definition) is 3. The summed E-state index contributed by atoms with van der Waals surface area (Å²) in [5.41, 5.74) is 2.52. The number of carbonyl (C=O) groups excluding carboxylic acids is 3. The summed E-state index contributed by atoms with van der Waals surface area (Å²) >= 11 is 0. The number of carbonyl (C=O) groups is 3. The molecule has 0 aliphatic carbocycles. The van der Waals surface area contributed by atoms with Crippen LogP contribution in [0.3, 0.4) is 0 Å². The molecular formula is C18H19N3O3. The van der Waals surface area contributed by atoms with Crippen LogP contribution < -0.4 is 16.0 Å². The fourth-order valence-electron chi connectivity index (χ4n) is 2.16. The summed E-state index contributed by atoms with van der Waals surface area (Å²) in [7, 11) is 0. The Labute approximate surface area is 140 Å². The predicted octanol–water partition coefficient (Wildman–Crippen LogP) is 1.93. The first kappa shape index (κ1) is 17.2. The van der Waals surface area contributed by atoms with Crippen molar-refractivity contribution in [3.63, 3.8) is 0 Å². The molecule has 24 heavy (non-hydrogen) atoms. The van der Waals surface area contributed by atoms with Gasteiger partial charge in [0.05, 0.1) is 0 Å². The first-order valence-corrected chi connectivity index (χ1v) is 7.59. The molecule has 3 amide bonds. The maximum Gasteiger partial charge on any atom is 0.251 e. The fourth-order valence-corrected chi connectivity index (χ4v) is 2.16. The molecule has 3 N–H and O–H groups in total. The summed E-state index contributed by atoms with van der Waals surface area (Å²) in [6.07, 6.45) is 0.580. The summed E-state index contributed by atoms with van der Waals surface area (Å²) in [4.78, 5) is 34.3. The Morgan fingerprint density at radius 1 is 0.958 bits per heavy atom. The van der Waals surface area contributed by atoms with E-state index >= 15 is 0 Å². The quantitative estimate of drug-likeness (QED) is 0.680. The number of nitrogens with one attached hydrogen (secondary N) is 3. The Morgan fingerprint density at radius 3 is 2.33 bits per heavy atom. The van der Waals surface area contributed by atoms with E-state index in [4.69, 9.17) is 0 Å². The number of amides is 3. The average molecular weight is 325 g/mol.